The molecule has 0 spiro atoms. The molecule has 0 saturated heterocycles. The Morgan fingerprint density at radius 2 is 1.62 bits per heavy atom. The molecule has 6 heteroatoms. The number of hydrogen-bond acceptors (Lipinski definition) is 2. The highest BCUT2D eigenvalue weighted by molar-refractivity contribution is 5.37. The van der Waals surface area contributed by atoms with Gasteiger partial charge in [0.1, 0.15) is 17.4 Å². The molecule has 1 atom stereocenters. The fourth-order valence-electron chi connectivity index (χ4n) is 1.95. The summed E-state index contributed by atoms with van der Waals surface area (Å²) < 4.78 is 55.3. The number of rotatable bonds is 4. The van der Waals surface area contributed by atoms with E-state index in [9.17, 15) is 17.6 Å². The first-order chi connectivity index (χ1) is 9.88. The van der Waals surface area contributed by atoms with E-state index >= 15 is 0 Å². The predicted molar refractivity (Wildman–Crippen MR) is 70.2 cm³/mol. The Hall–Kier alpha value is -2.08. The maximum Gasteiger partial charge on any atom is 0.387 e. The van der Waals surface area contributed by atoms with Gasteiger partial charge in [0.25, 0.3) is 0 Å². The molecule has 2 nitrogen and oxygen atoms in total. The highest BCUT2D eigenvalue weighted by atomic mass is 19.3. The van der Waals surface area contributed by atoms with E-state index in [1.54, 1.807) is 0 Å². The Bertz CT molecular complexity index is 628. The number of nitrogens with two attached hydrogens (primary N) is 1. The van der Waals surface area contributed by atoms with Crippen LogP contribution in [0.2, 0.25) is 0 Å². The summed E-state index contributed by atoms with van der Waals surface area (Å²) in [4.78, 5) is 0. The topological polar surface area (TPSA) is 35.2 Å². The summed E-state index contributed by atoms with van der Waals surface area (Å²) in [7, 11) is 0. The predicted octanol–water partition coefficient (Wildman–Crippen LogP) is 3.92. The first kappa shape index (κ1) is 15.3. The van der Waals surface area contributed by atoms with Crippen molar-refractivity contribution < 1.29 is 22.3 Å². The zero-order chi connectivity index (χ0) is 15.6. The van der Waals surface area contributed by atoms with Crippen LogP contribution in [0, 0.1) is 18.6 Å². The van der Waals surface area contributed by atoms with Crippen molar-refractivity contribution in [3.8, 4) is 5.75 Å². The summed E-state index contributed by atoms with van der Waals surface area (Å²) in [5.41, 5.74) is 6.85. The maximum absolute atomic E-state index is 13.8. The molecule has 0 aliphatic rings. The number of hydrogen-bond donors (Lipinski definition) is 1. The van der Waals surface area contributed by atoms with Gasteiger partial charge in [-0.05, 0) is 36.2 Å². The third-order valence-corrected chi connectivity index (χ3v) is 3.08. The lowest BCUT2D eigenvalue weighted by molar-refractivity contribution is -0.0498. The minimum absolute atomic E-state index is 0.0169. The molecule has 0 aliphatic carbocycles. The number of halogens is 4. The molecular weight excluding hydrogens is 286 g/mol. The summed E-state index contributed by atoms with van der Waals surface area (Å²) in [5, 5.41) is 0. The van der Waals surface area contributed by atoms with Gasteiger partial charge in [-0.2, -0.15) is 8.78 Å². The summed E-state index contributed by atoms with van der Waals surface area (Å²) >= 11 is 0. The van der Waals surface area contributed by atoms with E-state index in [-0.39, 0.29) is 16.9 Å². The summed E-state index contributed by atoms with van der Waals surface area (Å²) in [6.45, 7) is -1.41. The molecule has 0 heterocycles. The molecule has 0 aliphatic heterocycles. The van der Waals surface area contributed by atoms with Crippen LogP contribution in [-0.2, 0) is 0 Å². The van der Waals surface area contributed by atoms with Crippen molar-refractivity contribution in [1.29, 1.82) is 0 Å². The first-order valence-electron chi connectivity index (χ1n) is 6.14. The fourth-order valence-corrected chi connectivity index (χ4v) is 1.95. The molecule has 0 saturated carbocycles. The van der Waals surface area contributed by atoms with Crippen molar-refractivity contribution in [2.45, 2.75) is 19.6 Å². The van der Waals surface area contributed by atoms with Crippen molar-refractivity contribution in [1.82, 2.24) is 0 Å². The zero-order valence-corrected chi connectivity index (χ0v) is 11.1. The van der Waals surface area contributed by atoms with Gasteiger partial charge in [0.2, 0.25) is 0 Å². The Balaban J connectivity index is 2.27. The van der Waals surface area contributed by atoms with Crippen molar-refractivity contribution in [2.75, 3.05) is 0 Å². The van der Waals surface area contributed by atoms with Gasteiger partial charge in [0.05, 0.1) is 6.04 Å². The van der Waals surface area contributed by atoms with E-state index < -0.39 is 24.3 Å². The molecule has 1 unspecified atom stereocenters. The fraction of sp³-hybridized carbons (Fsp3) is 0.200. The quantitative estimate of drug-likeness (QED) is 0.868. The first-order valence-corrected chi connectivity index (χ1v) is 6.14. The average Bonchev–Trinajstić information content (AvgIpc) is 2.42. The van der Waals surface area contributed by atoms with Gasteiger partial charge in [-0.15, -0.1) is 0 Å². The largest absolute Gasteiger partial charge is 0.435 e. The number of benzene rings is 2. The number of alkyl halides is 2. The standard InChI is InChI=1S/C15H13F4NO/c1-8-6-11(13(17)7-12(8)16)14(20)9-2-4-10(5-3-9)21-15(18)19/h2-7,14-15H,20H2,1H3. The second-order valence-electron chi connectivity index (χ2n) is 4.55. The highest BCUT2D eigenvalue weighted by Crippen LogP contribution is 2.26. The minimum atomic E-state index is -2.92. The zero-order valence-electron chi connectivity index (χ0n) is 11.1. The molecule has 2 rings (SSSR count). The molecule has 21 heavy (non-hydrogen) atoms. The van der Waals surface area contributed by atoms with Gasteiger partial charge >= 0.3 is 6.61 Å². The molecule has 0 radical (unpaired) electrons. The van der Waals surface area contributed by atoms with Crippen molar-refractivity contribution >= 4 is 0 Å². The second kappa shape index (κ2) is 6.13. The molecule has 2 aromatic rings. The summed E-state index contributed by atoms with van der Waals surface area (Å²) in [6, 6.07) is 6.83. The number of aryl methyl sites for hydroxylation is 1. The normalized spacial score (nSPS) is 12.5. The Morgan fingerprint density at radius 1 is 1.00 bits per heavy atom. The van der Waals surface area contributed by atoms with Gasteiger partial charge in [0, 0.05) is 11.6 Å². The van der Waals surface area contributed by atoms with Crippen LogP contribution in [0.1, 0.15) is 22.7 Å². The van der Waals surface area contributed by atoms with E-state index in [4.69, 9.17) is 5.73 Å². The third-order valence-electron chi connectivity index (χ3n) is 3.08. The van der Waals surface area contributed by atoms with Crippen LogP contribution in [0.25, 0.3) is 0 Å². The van der Waals surface area contributed by atoms with Gasteiger partial charge in [-0.3, -0.25) is 0 Å². The third kappa shape index (κ3) is 3.52. The van der Waals surface area contributed by atoms with Gasteiger partial charge in [-0.25, -0.2) is 8.78 Å². The van der Waals surface area contributed by atoms with Crippen LogP contribution in [0.4, 0.5) is 17.6 Å². The molecule has 2 N–H and O–H groups in total. The Labute approximate surface area is 119 Å². The minimum Gasteiger partial charge on any atom is -0.435 e. The Morgan fingerprint density at radius 3 is 2.19 bits per heavy atom. The van der Waals surface area contributed by atoms with E-state index in [0.29, 0.717) is 5.56 Å². The van der Waals surface area contributed by atoms with E-state index in [2.05, 4.69) is 4.74 Å². The molecule has 0 fully saturated rings. The number of ether oxygens (including phenoxy) is 1. The van der Waals surface area contributed by atoms with E-state index in [0.717, 1.165) is 6.07 Å². The van der Waals surface area contributed by atoms with Gasteiger partial charge in [0.15, 0.2) is 0 Å². The van der Waals surface area contributed by atoms with Crippen LogP contribution >= 0.6 is 0 Å². The van der Waals surface area contributed by atoms with E-state index in [1.807, 2.05) is 0 Å². The van der Waals surface area contributed by atoms with Crippen LogP contribution in [0.3, 0.4) is 0 Å². The van der Waals surface area contributed by atoms with Crippen LogP contribution < -0.4 is 10.5 Å². The monoisotopic (exact) mass is 299 g/mol. The lowest BCUT2D eigenvalue weighted by Crippen LogP contribution is -2.14. The molecular formula is C15H13F4NO. The molecule has 0 amide bonds. The summed E-state index contributed by atoms with van der Waals surface area (Å²) in [5.74, 6) is -1.42. The lowest BCUT2D eigenvalue weighted by Gasteiger charge is -2.15. The van der Waals surface area contributed by atoms with Crippen molar-refractivity contribution in [3.05, 3.63) is 64.7 Å². The molecule has 0 aromatic heterocycles. The van der Waals surface area contributed by atoms with Crippen LogP contribution in [0.5, 0.6) is 5.75 Å². The van der Waals surface area contributed by atoms with Crippen LogP contribution in [-0.4, -0.2) is 6.61 Å². The summed E-state index contributed by atoms with van der Waals surface area (Å²) in [6.07, 6.45) is 0. The highest BCUT2D eigenvalue weighted by Gasteiger charge is 2.16. The van der Waals surface area contributed by atoms with Crippen molar-refractivity contribution in [3.63, 3.8) is 0 Å². The van der Waals surface area contributed by atoms with Gasteiger partial charge in [-0.1, -0.05) is 12.1 Å². The molecule has 0 bridgehead atoms. The molecule has 2 aromatic carbocycles. The Kier molecular flexibility index (Phi) is 4.47. The van der Waals surface area contributed by atoms with E-state index in [1.165, 1.54) is 37.3 Å². The van der Waals surface area contributed by atoms with Crippen molar-refractivity contribution in [2.24, 2.45) is 5.73 Å². The molecule has 112 valence electrons. The SMILES string of the molecule is Cc1cc(C(N)c2ccc(OC(F)F)cc2)c(F)cc1F. The second-order valence-corrected chi connectivity index (χ2v) is 4.55. The van der Waals surface area contributed by atoms with Gasteiger partial charge < -0.3 is 10.5 Å². The smallest absolute Gasteiger partial charge is 0.387 e. The maximum atomic E-state index is 13.8. The van der Waals surface area contributed by atoms with Crippen LogP contribution in [0.15, 0.2) is 36.4 Å². The lowest BCUT2D eigenvalue weighted by atomic mass is 9.97. The average molecular weight is 299 g/mol.